The number of carbonyl (C=O) groups is 1. The molecule has 2 aromatic carbocycles. The summed E-state index contributed by atoms with van der Waals surface area (Å²) in [5.41, 5.74) is 0.691. The highest BCUT2D eigenvalue weighted by Crippen LogP contribution is 2.26. The molecule has 0 radical (unpaired) electrons. The predicted molar refractivity (Wildman–Crippen MR) is 104 cm³/mol. The lowest BCUT2D eigenvalue weighted by Crippen LogP contribution is -2.18. The first-order chi connectivity index (χ1) is 12.9. The van der Waals surface area contributed by atoms with Gasteiger partial charge in [0.05, 0.1) is 18.5 Å². The Kier molecular flexibility index (Phi) is 6.36. The predicted octanol–water partition coefficient (Wildman–Crippen LogP) is 5.25. The van der Waals surface area contributed by atoms with Crippen molar-refractivity contribution >= 4 is 46.7 Å². The van der Waals surface area contributed by atoms with Crippen molar-refractivity contribution in [2.24, 2.45) is 0 Å². The molecule has 0 spiro atoms. The number of hydrogen-bond acceptors (Lipinski definition) is 3. The van der Waals surface area contributed by atoms with E-state index >= 15 is 0 Å². The molecule has 3 aromatic rings. The fraction of sp³-hybridized carbons (Fsp3) is 0.111. The van der Waals surface area contributed by atoms with Crippen molar-refractivity contribution in [3.05, 3.63) is 75.9 Å². The quantitative estimate of drug-likeness (QED) is 0.546. The zero-order chi connectivity index (χ0) is 19.4. The molecule has 0 aliphatic carbocycles. The molecule has 0 saturated carbocycles. The molecule has 0 saturated heterocycles. The Morgan fingerprint density at radius 3 is 2.56 bits per heavy atom. The second-order valence-corrected chi connectivity index (χ2v) is 7.35. The van der Waals surface area contributed by atoms with E-state index in [1.54, 1.807) is 35.1 Å². The molecule has 1 aromatic heterocycles. The van der Waals surface area contributed by atoms with Gasteiger partial charge in [-0.2, -0.15) is 5.10 Å². The standard InChI is InChI=1S/C18H13Cl2F2N3OS/c19-13-2-1-3-14(20)12(13)9-25-17(6-7-23-25)24-18(26)10-27-11-4-5-15(21)16(22)8-11/h1-8H,9-10H2,(H,24,26). The first-order valence-electron chi connectivity index (χ1n) is 7.76. The molecule has 0 bridgehead atoms. The SMILES string of the molecule is O=C(CSc1ccc(F)c(F)c1)Nc1ccnn1Cc1c(Cl)cccc1Cl. The van der Waals surface area contributed by atoms with E-state index in [1.807, 2.05) is 0 Å². The number of aromatic nitrogens is 2. The Morgan fingerprint density at radius 2 is 1.85 bits per heavy atom. The zero-order valence-electron chi connectivity index (χ0n) is 13.8. The summed E-state index contributed by atoms with van der Waals surface area (Å²) in [5.74, 6) is -1.68. The number of nitrogens with one attached hydrogen (secondary N) is 1. The van der Waals surface area contributed by atoms with Gasteiger partial charge in [-0.25, -0.2) is 13.5 Å². The second-order valence-electron chi connectivity index (χ2n) is 5.49. The Bertz CT molecular complexity index is 961. The molecule has 0 fully saturated rings. The summed E-state index contributed by atoms with van der Waals surface area (Å²) in [7, 11) is 0. The number of benzene rings is 2. The van der Waals surface area contributed by atoms with E-state index in [-0.39, 0.29) is 18.2 Å². The molecular formula is C18H13Cl2F2N3OS. The molecule has 0 unspecified atom stereocenters. The number of amides is 1. The first kappa shape index (κ1) is 19.7. The number of hydrogen-bond donors (Lipinski definition) is 1. The van der Waals surface area contributed by atoms with Crippen LogP contribution >= 0.6 is 35.0 Å². The maximum atomic E-state index is 13.2. The molecule has 1 N–H and O–H groups in total. The van der Waals surface area contributed by atoms with Gasteiger partial charge in [-0.05, 0) is 30.3 Å². The fourth-order valence-corrected chi connectivity index (χ4v) is 3.53. The van der Waals surface area contributed by atoms with Crippen molar-refractivity contribution in [2.45, 2.75) is 11.4 Å². The van der Waals surface area contributed by atoms with Crippen molar-refractivity contribution in [1.82, 2.24) is 9.78 Å². The molecule has 4 nitrogen and oxygen atoms in total. The number of rotatable bonds is 6. The largest absolute Gasteiger partial charge is 0.310 e. The van der Waals surface area contributed by atoms with E-state index in [4.69, 9.17) is 23.2 Å². The van der Waals surface area contributed by atoms with Crippen LogP contribution in [-0.4, -0.2) is 21.4 Å². The van der Waals surface area contributed by atoms with Crippen molar-refractivity contribution < 1.29 is 13.6 Å². The minimum Gasteiger partial charge on any atom is -0.310 e. The van der Waals surface area contributed by atoms with Crippen molar-refractivity contribution in [1.29, 1.82) is 0 Å². The Morgan fingerprint density at radius 1 is 1.11 bits per heavy atom. The van der Waals surface area contributed by atoms with Crippen LogP contribution < -0.4 is 5.32 Å². The van der Waals surface area contributed by atoms with Crippen LogP contribution in [0.15, 0.2) is 53.6 Å². The van der Waals surface area contributed by atoms with E-state index in [0.29, 0.717) is 26.3 Å². The van der Waals surface area contributed by atoms with E-state index < -0.39 is 11.6 Å². The van der Waals surface area contributed by atoms with Gasteiger partial charge < -0.3 is 5.32 Å². The van der Waals surface area contributed by atoms with Gasteiger partial charge in [-0.15, -0.1) is 11.8 Å². The molecule has 1 heterocycles. The summed E-state index contributed by atoms with van der Waals surface area (Å²) >= 11 is 13.4. The third kappa shape index (κ3) is 5.00. The van der Waals surface area contributed by atoms with Gasteiger partial charge in [0.2, 0.25) is 5.91 Å². The Hall–Kier alpha value is -2.09. The molecule has 0 aliphatic rings. The topological polar surface area (TPSA) is 46.9 Å². The molecule has 0 aliphatic heterocycles. The highest BCUT2D eigenvalue weighted by atomic mass is 35.5. The summed E-state index contributed by atoms with van der Waals surface area (Å²) < 4.78 is 27.7. The number of thioether (sulfide) groups is 1. The van der Waals surface area contributed by atoms with Crippen LogP contribution in [0.25, 0.3) is 0 Å². The molecule has 3 rings (SSSR count). The molecule has 27 heavy (non-hydrogen) atoms. The van der Waals surface area contributed by atoms with Crippen LogP contribution in [0.3, 0.4) is 0 Å². The highest BCUT2D eigenvalue weighted by Gasteiger charge is 2.12. The van der Waals surface area contributed by atoms with Crippen molar-refractivity contribution in [3.8, 4) is 0 Å². The maximum Gasteiger partial charge on any atom is 0.235 e. The number of halogens is 4. The van der Waals surface area contributed by atoms with Crippen molar-refractivity contribution in [2.75, 3.05) is 11.1 Å². The third-order valence-corrected chi connectivity index (χ3v) is 5.32. The van der Waals surface area contributed by atoms with Crippen LogP contribution in [0.2, 0.25) is 10.0 Å². The van der Waals surface area contributed by atoms with E-state index in [9.17, 15) is 13.6 Å². The van der Waals surface area contributed by atoms with Gasteiger partial charge in [0.25, 0.3) is 0 Å². The maximum absolute atomic E-state index is 13.2. The van der Waals surface area contributed by atoms with Crippen LogP contribution in [-0.2, 0) is 11.3 Å². The van der Waals surface area contributed by atoms with Gasteiger partial charge >= 0.3 is 0 Å². The molecule has 0 atom stereocenters. The van der Waals surface area contributed by atoms with Crippen LogP contribution in [0.4, 0.5) is 14.6 Å². The first-order valence-corrected chi connectivity index (χ1v) is 9.50. The van der Waals surface area contributed by atoms with Crippen LogP contribution in [0.5, 0.6) is 0 Å². The smallest absolute Gasteiger partial charge is 0.235 e. The molecule has 9 heteroatoms. The highest BCUT2D eigenvalue weighted by molar-refractivity contribution is 8.00. The van der Waals surface area contributed by atoms with Crippen LogP contribution in [0, 0.1) is 11.6 Å². The summed E-state index contributed by atoms with van der Waals surface area (Å²) in [6, 6.07) is 10.3. The van der Waals surface area contributed by atoms with E-state index in [1.165, 1.54) is 6.07 Å². The average Bonchev–Trinajstić information content (AvgIpc) is 3.06. The molecular weight excluding hydrogens is 415 g/mol. The lowest BCUT2D eigenvalue weighted by molar-refractivity contribution is -0.113. The van der Waals surface area contributed by atoms with Gasteiger partial charge in [0.1, 0.15) is 5.82 Å². The third-order valence-electron chi connectivity index (χ3n) is 3.61. The minimum absolute atomic E-state index is 0.0309. The summed E-state index contributed by atoms with van der Waals surface area (Å²) in [4.78, 5) is 12.6. The number of nitrogens with zero attached hydrogens (tertiary/aromatic N) is 2. The fourth-order valence-electron chi connectivity index (χ4n) is 2.29. The lowest BCUT2D eigenvalue weighted by Gasteiger charge is -2.11. The van der Waals surface area contributed by atoms with Gasteiger partial charge in [0.15, 0.2) is 11.6 Å². The normalized spacial score (nSPS) is 10.8. The monoisotopic (exact) mass is 427 g/mol. The second kappa shape index (κ2) is 8.73. The van der Waals surface area contributed by atoms with Crippen LogP contribution in [0.1, 0.15) is 5.56 Å². The summed E-state index contributed by atoms with van der Waals surface area (Å²) in [5, 5.41) is 7.91. The number of carbonyl (C=O) groups excluding carboxylic acids is 1. The lowest BCUT2D eigenvalue weighted by atomic mass is 10.2. The van der Waals surface area contributed by atoms with Gasteiger partial charge in [-0.3, -0.25) is 4.79 Å². The summed E-state index contributed by atoms with van der Waals surface area (Å²) in [6.45, 7) is 0.289. The van der Waals surface area contributed by atoms with E-state index in [2.05, 4.69) is 10.4 Å². The number of anilines is 1. The van der Waals surface area contributed by atoms with Crippen molar-refractivity contribution in [3.63, 3.8) is 0 Å². The van der Waals surface area contributed by atoms with Gasteiger partial charge in [-0.1, -0.05) is 29.3 Å². The Balaban J connectivity index is 1.64. The molecule has 140 valence electrons. The minimum atomic E-state index is -0.949. The van der Waals surface area contributed by atoms with Gasteiger partial charge in [0, 0.05) is 26.6 Å². The zero-order valence-corrected chi connectivity index (χ0v) is 16.1. The molecule has 1 amide bonds. The summed E-state index contributed by atoms with van der Waals surface area (Å²) in [6.07, 6.45) is 1.54. The average molecular weight is 428 g/mol. The Labute approximate surface area is 168 Å². The van der Waals surface area contributed by atoms with E-state index in [0.717, 1.165) is 23.9 Å².